The first kappa shape index (κ1) is 15.3. The number of thiocarbonyl (C=S) groups is 1. The van der Waals surface area contributed by atoms with Crippen LogP contribution in [0.2, 0.25) is 0 Å². The summed E-state index contributed by atoms with van der Waals surface area (Å²) in [5, 5.41) is 13.7. The third-order valence-corrected chi connectivity index (χ3v) is 4.07. The Morgan fingerprint density at radius 1 is 1.40 bits per heavy atom. The number of piperidine rings is 1. The summed E-state index contributed by atoms with van der Waals surface area (Å²) in [4.78, 5) is 2.05. The van der Waals surface area contributed by atoms with E-state index in [0.29, 0.717) is 11.7 Å². The molecule has 20 heavy (non-hydrogen) atoms. The van der Waals surface area contributed by atoms with Gasteiger partial charge in [-0.05, 0) is 55.6 Å². The second kappa shape index (κ2) is 7.60. The van der Waals surface area contributed by atoms with E-state index in [9.17, 15) is 5.11 Å². The lowest BCUT2D eigenvalue weighted by Gasteiger charge is -2.32. The van der Waals surface area contributed by atoms with E-state index in [2.05, 4.69) is 41.4 Å². The molecule has 0 amide bonds. The third kappa shape index (κ3) is 4.46. The quantitative estimate of drug-likeness (QED) is 0.836. The van der Waals surface area contributed by atoms with Crippen molar-refractivity contribution in [3.63, 3.8) is 0 Å². The lowest BCUT2D eigenvalue weighted by atomic mass is 10.1. The Balaban J connectivity index is 1.87. The SMILES string of the molecule is CCCCc1ccc(NC(=S)N2CCC[C@@H](O)C2)cc1. The van der Waals surface area contributed by atoms with Crippen molar-refractivity contribution in [3.8, 4) is 0 Å². The molecule has 1 aromatic carbocycles. The Morgan fingerprint density at radius 3 is 2.80 bits per heavy atom. The zero-order valence-corrected chi connectivity index (χ0v) is 13.0. The summed E-state index contributed by atoms with van der Waals surface area (Å²) >= 11 is 5.42. The van der Waals surface area contributed by atoms with E-state index in [1.807, 2.05) is 0 Å². The van der Waals surface area contributed by atoms with E-state index in [0.717, 1.165) is 31.5 Å². The number of hydrogen-bond donors (Lipinski definition) is 2. The first-order chi connectivity index (χ1) is 9.69. The van der Waals surface area contributed by atoms with Crippen LogP contribution in [0.5, 0.6) is 0 Å². The minimum atomic E-state index is -0.250. The average molecular weight is 292 g/mol. The maximum atomic E-state index is 9.68. The standard InChI is InChI=1S/C16H24N2OS/c1-2-3-5-13-7-9-14(10-8-13)17-16(20)18-11-4-6-15(19)12-18/h7-10,15,19H,2-6,11-12H2,1H3,(H,17,20)/t15-/m1/s1. The van der Waals surface area contributed by atoms with Crippen LogP contribution < -0.4 is 5.32 Å². The van der Waals surface area contributed by atoms with Crippen molar-refractivity contribution in [2.24, 2.45) is 0 Å². The Morgan fingerprint density at radius 2 is 2.15 bits per heavy atom. The van der Waals surface area contributed by atoms with Crippen molar-refractivity contribution < 1.29 is 5.11 Å². The normalized spacial score (nSPS) is 18.9. The van der Waals surface area contributed by atoms with Crippen molar-refractivity contribution in [1.82, 2.24) is 4.90 Å². The van der Waals surface area contributed by atoms with Crippen LogP contribution in [0.1, 0.15) is 38.2 Å². The van der Waals surface area contributed by atoms with E-state index in [1.54, 1.807) is 0 Å². The topological polar surface area (TPSA) is 35.5 Å². The number of aryl methyl sites for hydroxylation is 1. The molecule has 3 nitrogen and oxygen atoms in total. The number of aliphatic hydroxyl groups is 1. The highest BCUT2D eigenvalue weighted by Crippen LogP contribution is 2.15. The smallest absolute Gasteiger partial charge is 0.173 e. The van der Waals surface area contributed by atoms with E-state index in [1.165, 1.54) is 18.4 Å². The summed E-state index contributed by atoms with van der Waals surface area (Å²) in [6.45, 7) is 3.78. The molecule has 0 saturated carbocycles. The fourth-order valence-corrected chi connectivity index (χ4v) is 2.76. The fraction of sp³-hybridized carbons (Fsp3) is 0.562. The van der Waals surface area contributed by atoms with Gasteiger partial charge in [-0.15, -0.1) is 0 Å². The van der Waals surface area contributed by atoms with Gasteiger partial charge in [-0.1, -0.05) is 25.5 Å². The molecule has 1 fully saturated rings. The lowest BCUT2D eigenvalue weighted by molar-refractivity contribution is 0.104. The number of nitrogens with zero attached hydrogens (tertiary/aromatic N) is 1. The Bertz CT molecular complexity index is 433. The molecule has 0 radical (unpaired) electrons. The highest BCUT2D eigenvalue weighted by molar-refractivity contribution is 7.80. The van der Waals surface area contributed by atoms with Crippen LogP contribution in [0.3, 0.4) is 0 Å². The average Bonchev–Trinajstić information content (AvgIpc) is 2.46. The molecule has 1 saturated heterocycles. The molecular weight excluding hydrogens is 268 g/mol. The number of aliphatic hydroxyl groups excluding tert-OH is 1. The summed E-state index contributed by atoms with van der Waals surface area (Å²) in [5.41, 5.74) is 2.40. The molecule has 1 heterocycles. The number of hydrogen-bond acceptors (Lipinski definition) is 2. The Kier molecular flexibility index (Phi) is 5.80. The van der Waals surface area contributed by atoms with Crippen molar-refractivity contribution in [3.05, 3.63) is 29.8 Å². The minimum absolute atomic E-state index is 0.250. The molecule has 0 spiro atoms. The second-order valence-electron chi connectivity index (χ2n) is 5.47. The predicted octanol–water partition coefficient (Wildman–Crippen LogP) is 3.18. The Hall–Kier alpha value is -1.13. The molecule has 1 atom stereocenters. The first-order valence-corrected chi connectivity index (χ1v) is 7.93. The molecule has 0 bridgehead atoms. The molecule has 1 aliphatic rings. The summed E-state index contributed by atoms with van der Waals surface area (Å²) in [6, 6.07) is 8.48. The highest BCUT2D eigenvalue weighted by atomic mass is 32.1. The summed E-state index contributed by atoms with van der Waals surface area (Å²) in [5.74, 6) is 0. The predicted molar refractivity (Wildman–Crippen MR) is 88.1 cm³/mol. The molecule has 0 unspecified atom stereocenters. The van der Waals surface area contributed by atoms with Gasteiger partial charge in [-0.3, -0.25) is 0 Å². The second-order valence-corrected chi connectivity index (χ2v) is 5.86. The lowest BCUT2D eigenvalue weighted by Crippen LogP contribution is -2.44. The largest absolute Gasteiger partial charge is 0.391 e. The van der Waals surface area contributed by atoms with Crippen LogP contribution in [0, 0.1) is 0 Å². The highest BCUT2D eigenvalue weighted by Gasteiger charge is 2.19. The van der Waals surface area contributed by atoms with E-state index < -0.39 is 0 Å². The zero-order chi connectivity index (χ0) is 14.4. The number of β-amino-alcohol motifs (C(OH)–C–C–N with tert-alkyl or cyclic N) is 1. The van der Waals surface area contributed by atoms with Gasteiger partial charge >= 0.3 is 0 Å². The van der Waals surface area contributed by atoms with Crippen LogP contribution in [0.25, 0.3) is 0 Å². The van der Waals surface area contributed by atoms with Crippen molar-refractivity contribution in [2.45, 2.75) is 45.1 Å². The van der Waals surface area contributed by atoms with Gasteiger partial charge in [0.25, 0.3) is 0 Å². The number of nitrogens with one attached hydrogen (secondary N) is 1. The Labute approximate surface area is 127 Å². The van der Waals surface area contributed by atoms with Gasteiger partial charge in [0.05, 0.1) is 6.10 Å². The van der Waals surface area contributed by atoms with Crippen LogP contribution in [-0.2, 0) is 6.42 Å². The van der Waals surface area contributed by atoms with Crippen molar-refractivity contribution in [2.75, 3.05) is 18.4 Å². The zero-order valence-electron chi connectivity index (χ0n) is 12.1. The first-order valence-electron chi connectivity index (χ1n) is 7.52. The number of likely N-dealkylation sites (tertiary alicyclic amines) is 1. The van der Waals surface area contributed by atoms with E-state index in [4.69, 9.17) is 12.2 Å². The van der Waals surface area contributed by atoms with Crippen LogP contribution in [0.4, 0.5) is 5.69 Å². The molecule has 1 aliphatic heterocycles. The maximum Gasteiger partial charge on any atom is 0.173 e. The fourth-order valence-electron chi connectivity index (χ4n) is 2.48. The molecule has 2 rings (SSSR count). The van der Waals surface area contributed by atoms with Gasteiger partial charge in [0, 0.05) is 18.8 Å². The monoisotopic (exact) mass is 292 g/mol. The molecule has 4 heteroatoms. The van der Waals surface area contributed by atoms with Crippen LogP contribution in [0.15, 0.2) is 24.3 Å². The van der Waals surface area contributed by atoms with Gasteiger partial charge in [0.15, 0.2) is 5.11 Å². The molecule has 1 aromatic rings. The number of unbranched alkanes of at least 4 members (excludes halogenated alkanes) is 1. The molecule has 110 valence electrons. The number of benzene rings is 1. The van der Waals surface area contributed by atoms with Crippen molar-refractivity contribution >= 4 is 23.0 Å². The summed E-state index contributed by atoms with van der Waals surface area (Å²) in [6.07, 6.45) is 5.22. The van der Waals surface area contributed by atoms with Gasteiger partial charge in [0.1, 0.15) is 0 Å². The molecule has 0 aliphatic carbocycles. The van der Waals surface area contributed by atoms with Gasteiger partial charge < -0.3 is 15.3 Å². The summed E-state index contributed by atoms with van der Waals surface area (Å²) in [7, 11) is 0. The van der Waals surface area contributed by atoms with E-state index in [-0.39, 0.29) is 6.10 Å². The van der Waals surface area contributed by atoms with E-state index >= 15 is 0 Å². The summed E-state index contributed by atoms with van der Waals surface area (Å²) < 4.78 is 0. The molecular formula is C16H24N2OS. The molecule has 0 aromatic heterocycles. The van der Waals surface area contributed by atoms with Crippen LogP contribution in [-0.4, -0.2) is 34.3 Å². The van der Waals surface area contributed by atoms with Gasteiger partial charge in [-0.2, -0.15) is 0 Å². The maximum absolute atomic E-state index is 9.68. The van der Waals surface area contributed by atoms with Gasteiger partial charge in [0.2, 0.25) is 0 Å². The number of anilines is 1. The number of rotatable bonds is 4. The van der Waals surface area contributed by atoms with Gasteiger partial charge in [-0.25, -0.2) is 0 Å². The molecule has 2 N–H and O–H groups in total. The van der Waals surface area contributed by atoms with Crippen molar-refractivity contribution in [1.29, 1.82) is 0 Å². The third-order valence-electron chi connectivity index (χ3n) is 3.71. The van der Waals surface area contributed by atoms with Crippen LogP contribution >= 0.6 is 12.2 Å². The minimum Gasteiger partial charge on any atom is -0.391 e.